The molecule has 5 rings (SSSR count). The fraction of sp³-hybridized carbons (Fsp3) is 0.233. The number of aliphatic imine (C=N–C) groups is 1. The quantitative estimate of drug-likeness (QED) is 0.349. The molecule has 200 valence electrons. The highest BCUT2D eigenvalue weighted by Gasteiger charge is 2.42. The van der Waals surface area contributed by atoms with Gasteiger partial charge in [-0.15, -0.1) is 0 Å². The lowest BCUT2D eigenvalue weighted by Gasteiger charge is -2.35. The van der Waals surface area contributed by atoms with Crippen molar-refractivity contribution in [3.63, 3.8) is 0 Å². The van der Waals surface area contributed by atoms with E-state index < -0.39 is 29.5 Å². The molecule has 0 fully saturated rings. The third-order valence-electron chi connectivity index (χ3n) is 6.86. The van der Waals surface area contributed by atoms with Gasteiger partial charge in [-0.3, -0.25) is 14.6 Å². The first kappa shape index (κ1) is 26.7. The molecule has 0 spiro atoms. The van der Waals surface area contributed by atoms with Crippen molar-refractivity contribution in [3.8, 4) is 11.5 Å². The molecule has 1 aliphatic heterocycles. The van der Waals surface area contributed by atoms with E-state index in [1.807, 2.05) is 36.4 Å². The number of carbonyl (C=O) groups excluding carboxylic acids is 2. The first-order valence-electron chi connectivity index (χ1n) is 12.4. The van der Waals surface area contributed by atoms with E-state index in [2.05, 4.69) is 10.3 Å². The molecule has 0 saturated carbocycles. The number of benzene rings is 3. The lowest BCUT2D eigenvalue weighted by atomic mass is 9.71. The van der Waals surface area contributed by atoms with Gasteiger partial charge in [0.25, 0.3) is 0 Å². The lowest BCUT2D eigenvalue weighted by molar-refractivity contribution is -0.137. The van der Waals surface area contributed by atoms with Gasteiger partial charge in [-0.05, 0) is 67.8 Å². The molecule has 5 nitrogen and oxygen atoms in total. The fourth-order valence-electron chi connectivity index (χ4n) is 5.11. The standard InChI is InChI=1S/C30H24ClF3N2O3/c1-17-26(29(38)36-24-16-19(30(32,33)34)13-14-22(24)31)27(28-23(35-17)11-6-12-25(28)37)18-7-5-10-21(15-18)39-20-8-3-2-4-9-20/h2-5,7-10,13-16,26-27H,6,11-12H2,1H3,(H,36,38)/t26?,27-/m0/s1. The van der Waals surface area contributed by atoms with E-state index in [4.69, 9.17) is 16.3 Å². The summed E-state index contributed by atoms with van der Waals surface area (Å²) in [6, 6.07) is 19.1. The van der Waals surface area contributed by atoms with Gasteiger partial charge in [-0.2, -0.15) is 13.2 Å². The Hall–Kier alpha value is -3.91. The van der Waals surface area contributed by atoms with Gasteiger partial charge < -0.3 is 10.1 Å². The number of nitrogens with one attached hydrogen (secondary N) is 1. The number of ketones is 1. The number of ether oxygens (including phenoxy) is 1. The zero-order chi connectivity index (χ0) is 27.7. The number of hydrogen-bond acceptors (Lipinski definition) is 4. The molecule has 0 bridgehead atoms. The van der Waals surface area contributed by atoms with Crippen LogP contribution in [0.15, 0.2) is 89.1 Å². The topological polar surface area (TPSA) is 67.8 Å². The molecule has 39 heavy (non-hydrogen) atoms. The van der Waals surface area contributed by atoms with Crippen LogP contribution in [0.2, 0.25) is 5.02 Å². The Balaban J connectivity index is 1.54. The number of Topliss-reactive ketones (excluding diaryl/α,β-unsaturated/α-hetero) is 1. The fourth-order valence-corrected chi connectivity index (χ4v) is 5.28. The van der Waals surface area contributed by atoms with Gasteiger partial charge in [0, 0.05) is 29.3 Å². The molecule has 0 radical (unpaired) electrons. The molecule has 9 heteroatoms. The molecule has 0 aromatic heterocycles. The Morgan fingerprint density at radius 1 is 1.00 bits per heavy atom. The van der Waals surface area contributed by atoms with Crippen molar-refractivity contribution in [3.05, 3.63) is 100 Å². The van der Waals surface area contributed by atoms with Crippen LogP contribution < -0.4 is 10.1 Å². The van der Waals surface area contributed by atoms with E-state index in [1.165, 1.54) is 0 Å². The molecule has 2 atom stereocenters. The Morgan fingerprint density at radius 2 is 1.74 bits per heavy atom. The smallest absolute Gasteiger partial charge is 0.416 e. The second-order valence-corrected chi connectivity index (χ2v) is 9.92. The van der Waals surface area contributed by atoms with Crippen LogP contribution in [0.3, 0.4) is 0 Å². The molecule has 1 amide bonds. The van der Waals surface area contributed by atoms with Crippen molar-refractivity contribution in [2.45, 2.75) is 38.3 Å². The number of alkyl halides is 3. The SMILES string of the molecule is CC1=NC2=C(C(=O)CCC2)[C@@H](c2cccc(Oc3ccccc3)c2)C1C(=O)Nc1cc(C(F)(F)F)ccc1Cl. The molecular weight excluding hydrogens is 529 g/mol. The summed E-state index contributed by atoms with van der Waals surface area (Å²) in [5.41, 5.74) is 1.12. The Labute approximate surface area is 228 Å². The number of carbonyl (C=O) groups is 2. The average molecular weight is 553 g/mol. The third-order valence-corrected chi connectivity index (χ3v) is 7.19. The van der Waals surface area contributed by atoms with Crippen LogP contribution in [0.25, 0.3) is 0 Å². The van der Waals surface area contributed by atoms with Gasteiger partial charge in [0.15, 0.2) is 5.78 Å². The minimum Gasteiger partial charge on any atom is -0.457 e. The van der Waals surface area contributed by atoms with E-state index in [0.717, 1.165) is 18.2 Å². The van der Waals surface area contributed by atoms with Crippen LogP contribution in [0.5, 0.6) is 11.5 Å². The number of rotatable bonds is 5. The van der Waals surface area contributed by atoms with Crippen molar-refractivity contribution >= 4 is 34.7 Å². The largest absolute Gasteiger partial charge is 0.457 e. The number of para-hydroxylation sites is 1. The molecule has 1 N–H and O–H groups in total. The minimum absolute atomic E-state index is 0.0368. The first-order valence-corrected chi connectivity index (χ1v) is 12.8. The molecule has 0 saturated heterocycles. The molecular formula is C30H24ClF3N2O3. The molecule has 2 aliphatic rings. The summed E-state index contributed by atoms with van der Waals surface area (Å²) >= 11 is 6.16. The minimum atomic E-state index is -4.61. The lowest BCUT2D eigenvalue weighted by Crippen LogP contribution is -2.39. The van der Waals surface area contributed by atoms with Crippen molar-refractivity contribution < 1.29 is 27.5 Å². The van der Waals surface area contributed by atoms with Crippen molar-refractivity contribution in [2.75, 3.05) is 5.32 Å². The number of amides is 1. The molecule has 1 heterocycles. The van der Waals surface area contributed by atoms with Crippen molar-refractivity contribution in [1.82, 2.24) is 0 Å². The number of halogens is 4. The highest BCUT2D eigenvalue weighted by molar-refractivity contribution is 6.34. The van der Waals surface area contributed by atoms with E-state index in [-0.39, 0.29) is 16.5 Å². The highest BCUT2D eigenvalue weighted by atomic mass is 35.5. The molecule has 3 aromatic rings. The van der Waals surface area contributed by atoms with Crippen LogP contribution in [-0.4, -0.2) is 17.4 Å². The number of hydrogen-bond donors (Lipinski definition) is 1. The molecule has 1 unspecified atom stereocenters. The van der Waals surface area contributed by atoms with Gasteiger partial charge in [0.1, 0.15) is 11.5 Å². The van der Waals surface area contributed by atoms with Crippen LogP contribution in [0, 0.1) is 5.92 Å². The third kappa shape index (κ3) is 5.61. The maximum Gasteiger partial charge on any atom is 0.416 e. The van der Waals surface area contributed by atoms with Gasteiger partial charge in [0.05, 0.1) is 22.2 Å². The van der Waals surface area contributed by atoms with E-state index in [9.17, 15) is 22.8 Å². The number of nitrogens with zero attached hydrogens (tertiary/aromatic N) is 1. The van der Waals surface area contributed by atoms with Gasteiger partial charge in [0.2, 0.25) is 5.91 Å². The Morgan fingerprint density at radius 3 is 2.49 bits per heavy atom. The van der Waals surface area contributed by atoms with Gasteiger partial charge in [-0.1, -0.05) is 41.9 Å². The van der Waals surface area contributed by atoms with Crippen LogP contribution >= 0.6 is 11.6 Å². The zero-order valence-electron chi connectivity index (χ0n) is 20.9. The summed E-state index contributed by atoms with van der Waals surface area (Å²) in [6.07, 6.45) is -3.02. The molecule has 1 aliphatic carbocycles. The average Bonchev–Trinajstić information content (AvgIpc) is 2.89. The number of anilines is 1. The maximum absolute atomic E-state index is 13.7. The van der Waals surface area contributed by atoms with Crippen LogP contribution in [-0.2, 0) is 15.8 Å². The molecule has 3 aromatic carbocycles. The summed E-state index contributed by atoms with van der Waals surface area (Å²) in [4.78, 5) is 31.5. The van der Waals surface area contributed by atoms with E-state index in [1.54, 1.807) is 25.1 Å². The zero-order valence-corrected chi connectivity index (χ0v) is 21.6. The Bertz CT molecular complexity index is 1500. The predicted molar refractivity (Wildman–Crippen MR) is 143 cm³/mol. The van der Waals surface area contributed by atoms with Gasteiger partial charge in [-0.25, -0.2) is 0 Å². The highest BCUT2D eigenvalue weighted by Crippen LogP contribution is 2.45. The predicted octanol–water partition coefficient (Wildman–Crippen LogP) is 7.97. The first-order chi connectivity index (χ1) is 18.6. The van der Waals surface area contributed by atoms with E-state index >= 15 is 0 Å². The van der Waals surface area contributed by atoms with Crippen LogP contribution in [0.4, 0.5) is 18.9 Å². The monoisotopic (exact) mass is 552 g/mol. The summed E-state index contributed by atoms with van der Waals surface area (Å²) in [5.74, 6) is -1.22. The van der Waals surface area contributed by atoms with Crippen molar-refractivity contribution in [1.29, 1.82) is 0 Å². The van der Waals surface area contributed by atoms with Crippen LogP contribution in [0.1, 0.15) is 43.2 Å². The summed E-state index contributed by atoms with van der Waals surface area (Å²) in [6.45, 7) is 1.69. The number of allylic oxidation sites excluding steroid dienone is 2. The van der Waals surface area contributed by atoms with Gasteiger partial charge >= 0.3 is 6.18 Å². The second kappa shape index (κ2) is 10.7. The summed E-state index contributed by atoms with van der Waals surface area (Å²) < 4.78 is 46.0. The second-order valence-electron chi connectivity index (χ2n) is 9.51. The maximum atomic E-state index is 13.7. The van der Waals surface area contributed by atoms with E-state index in [0.29, 0.717) is 53.3 Å². The summed E-state index contributed by atoms with van der Waals surface area (Å²) in [5, 5.41) is 2.53. The van der Waals surface area contributed by atoms with Crippen molar-refractivity contribution in [2.24, 2.45) is 10.9 Å². The Kier molecular flexibility index (Phi) is 7.32. The normalized spacial score (nSPS) is 19.3. The summed E-state index contributed by atoms with van der Waals surface area (Å²) in [7, 11) is 0.